The van der Waals surface area contributed by atoms with Gasteiger partial charge in [-0.3, -0.25) is 0 Å². The molecular formula is C13H26O. The smallest absolute Gasteiger partial charge is 0.0571 e. The van der Waals surface area contributed by atoms with Crippen LogP contribution < -0.4 is 0 Å². The van der Waals surface area contributed by atoms with Gasteiger partial charge in [-0.2, -0.15) is 0 Å². The summed E-state index contributed by atoms with van der Waals surface area (Å²) >= 11 is 0. The molecule has 0 aromatic rings. The summed E-state index contributed by atoms with van der Waals surface area (Å²) in [5.74, 6) is 2.01. The Bertz CT molecular complexity index is 155. The SMILES string of the molecule is CCC(C)C(C)C1CCCCCC1O. The summed E-state index contributed by atoms with van der Waals surface area (Å²) in [5.41, 5.74) is 0. The van der Waals surface area contributed by atoms with Crippen LogP contribution in [0.2, 0.25) is 0 Å². The van der Waals surface area contributed by atoms with Crippen LogP contribution in [0.3, 0.4) is 0 Å². The Kier molecular flexibility index (Phi) is 4.94. The molecule has 0 aliphatic heterocycles. The van der Waals surface area contributed by atoms with Crippen LogP contribution in [0.1, 0.15) is 59.3 Å². The summed E-state index contributed by atoms with van der Waals surface area (Å²) in [6.45, 7) is 6.90. The van der Waals surface area contributed by atoms with Crippen LogP contribution in [0.5, 0.6) is 0 Å². The van der Waals surface area contributed by atoms with Gasteiger partial charge in [-0.15, -0.1) is 0 Å². The normalized spacial score (nSPS) is 33.4. The van der Waals surface area contributed by atoms with Crippen LogP contribution in [0.15, 0.2) is 0 Å². The van der Waals surface area contributed by atoms with Gasteiger partial charge in [0.2, 0.25) is 0 Å². The first-order valence-corrected chi connectivity index (χ1v) is 6.34. The fourth-order valence-corrected chi connectivity index (χ4v) is 2.72. The largest absolute Gasteiger partial charge is 0.393 e. The fourth-order valence-electron chi connectivity index (χ4n) is 2.72. The molecule has 0 radical (unpaired) electrons. The number of aliphatic hydroxyl groups is 1. The molecule has 84 valence electrons. The van der Waals surface area contributed by atoms with Crippen molar-refractivity contribution in [2.45, 2.75) is 65.4 Å². The Hall–Kier alpha value is -0.0400. The van der Waals surface area contributed by atoms with Gasteiger partial charge in [0.15, 0.2) is 0 Å². The summed E-state index contributed by atoms with van der Waals surface area (Å²) in [4.78, 5) is 0. The van der Waals surface area contributed by atoms with E-state index < -0.39 is 0 Å². The summed E-state index contributed by atoms with van der Waals surface area (Å²) in [6, 6.07) is 0. The lowest BCUT2D eigenvalue weighted by molar-refractivity contribution is 0.0535. The highest BCUT2D eigenvalue weighted by atomic mass is 16.3. The Morgan fingerprint density at radius 2 is 1.79 bits per heavy atom. The third-order valence-corrected chi connectivity index (χ3v) is 4.25. The molecule has 14 heavy (non-hydrogen) atoms. The monoisotopic (exact) mass is 198 g/mol. The van der Waals surface area contributed by atoms with E-state index in [1.807, 2.05) is 0 Å². The molecule has 1 fully saturated rings. The fraction of sp³-hybridized carbons (Fsp3) is 1.00. The van der Waals surface area contributed by atoms with E-state index in [0.717, 1.165) is 12.3 Å². The maximum absolute atomic E-state index is 10.1. The predicted molar refractivity (Wildman–Crippen MR) is 61.2 cm³/mol. The Morgan fingerprint density at radius 3 is 2.43 bits per heavy atom. The molecule has 1 aliphatic carbocycles. The van der Waals surface area contributed by atoms with Crippen molar-refractivity contribution >= 4 is 0 Å². The van der Waals surface area contributed by atoms with Crippen molar-refractivity contribution in [1.82, 2.24) is 0 Å². The molecule has 0 saturated heterocycles. The minimum absolute atomic E-state index is 0.0264. The molecule has 4 atom stereocenters. The van der Waals surface area contributed by atoms with E-state index in [1.54, 1.807) is 0 Å². The maximum atomic E-state index is 10.1. The van der Waals surface area contributed by atoms with E-state index >= 15 is 0 Å². The summed E-state index contributed by atoms with van der Waals surface area (Å²) in [6.07, 6.45) is 7.36. The summed E-state index contributed by atoms with van der Waals surface area (Å²) in [7, 11) is 0. The lowest BCUT2D eigenvalue weighted by Crippen LogP contribution is -2.29. The van der Waals surface area contributed by atoms with Crippen LogP contribution >= 0.6 is 0 Å². The molecule has 4 unspecified atom stereocenters. The minimum atomic E-state index is -0.0264. The van der Waals surface area contributed by atoms with E-state index in [4.69, 9.17) is 0 Å². The van der Waals surface area contributed by atoms with Crippen LogP contribution in [0.25, 0.3) is 0 Å². The van der Waals surface area contributed by atoms with Crippen LogP contribution in [-0.2, 0) is 0 Å². The van der Waals surface area contributed by atoms with Crippen molar-refractivity contribution in [3.05, 3.63) is 0 Å². The van der Waals surface area contributed by atoms with E-state index in [9.17, 15) is 5.11 Å². The number of rotatable bonds is 3. The van der Waals surface area contributed by atoms with Crippen LogP contribution in [0.4, 0.5) is 0 Å². The number of hydrogen-bond acceptors (Lipinski definition) is 1. The third kappa shape index (κ3) is 2.98. The molecule has 0 heterocycles. The van der Waals surface area contributed by atoms with Crippen LogP contribution in [0, 0.1) is 17.8 Å². The number of aliphatic hydroxyl groups excluding tert-OH is 1. The molecule has 0 spiro atoms. The van der Waals surface area contributed by atoms with Gasteiger partial charge in [0.1, 0.15) is 0 Å². The van der Waals surface area contributed by atoms with Gasteiger partial charge in [0.05, 0.1) is 6.10 Å². The van der Waals surface area contributed by atoms with Crippen molar-refractivity contribution in [1.29, 1.82) is 0 Å². The van der Waals surface area contributed by atoms with Gasteiger partial charge < -0.3 is 5.11 Å². The highest BCUT2D eigenvalue weighted by Gasteiger charge is 2.28. The molecule has 0 aromatic heterocycles. The molecule has 1 heteroatoms. The van der Waals surface area contributed by atoms with E-state index in [1.165, 1.54) is 32.1 Å². The first-order valence-electron chi connectivity index (χ1n) is 6.34. The molecule has 0 aromatic carbocycles. The highest BCUT2D eigenvalue weighted by molar-refractivity contribution is 4.79. The average Bonchev–Trinajstić information content (AvgIpc) is 2.40. The predicted octanol–water partition coefficient (Wildman–Crippen LogP) is 3.61. The quantitative estimate of drug-likeness (QED) is 0.687. The Balaban J connectivity index is 2.53. The zero-order valence-corrected chi connectivity index (χ0v) is 10.00. The second kappa shape index (κ2) is 5.75. The van der Waals surface area contributed by atoms with Crippen molar-refractivity contribution in [2.24, 2.45) is 17.8 Å². The second-order valence-electron chi connectivity index (χ2n) is 5.11. The molecule has 0 bridgehead atoms. The second-order valence-corrected chi connectivity index (χ2v) is 5.11. The zero-order valence-electron chi connectivity index (χ0n) is 10.00. The van der Waals surface area contributed by atoms with Gasteiger partial charge in [-0.25, -0.2) is 0 Å². The first-order chi connectivity index (χ1) is 6.66. The van der Waals surface area contributed by atoms with Gasteiger partial charge in [-0.05, 0) is 30.6 Å². The molecule has 1 rings (SSSR count). The van der Waals surface area contributed by atoms with E-state index in [-0.39, 0.29) is 6.10 Å². The topological polar surface area (TPSA) is 20.2 Å². The molecule has 1 saturated carbocycles. The first kappa shape index (κ1) is 12.0. The number of hydrogen-bond donors (Lipinski definition) is 1. The van der Waals surface area contributed by atoms with E-state index in [2.05, 4.69) is 20.8 Å². The zero-order chi connectivity index (χ0) is 10.6. The van der Waals surface area contributed by atoms with E-state index in [0.29, 0.717) is 11.8 Å². The summed E-state index contributed by atoms with van der Waals surface area (Å²) in [5, 5.41) is 10.1. The Labute approximate surface area is 88.9 Å². The summed E-state index contributed by atoms with van der Waals surface area (Å²) < 4.78 is 0. The third-order valence-electron chi connectivity index (χ3n) is 4.25. The Morgan fingerprint density at radius 1 is 1.14 bits per heavy atom. The van der Waals surface area contributed by atoms with Gasteiger partial charge >= 0.3 is 0 Å². The van der Waals surface area contributed by atoms with Crippen molar-refractivity contribution < 1.29 is 5.11 Å². The lowest BCUT2D eigenvalue weighted by Gasteiger charge is -2.30. The van der Waals surface area contributed by atoms with Gasteiger partial charge in [-0.1, -0.05) is 46.5 Å². The van der Waals surface area contributed by atoms with Crippen molar-refractivity contribution in [3.63, 3.8) is 0 Å². The van der Waals surface area contributed by atoms with Gasteiger partial charge in [0.25, 0.3) is 0 Å². The molecule has 1 aliphatic rings. The molecule has 0 amide bonds. The minimum Gasteiger partial charge on any atom is -0.393 e. The van der Waals surface area contributed by atoms with Crippen molar-refractivity contribution in [2.75, 3.05) is 0 Å². The molecular weight excluding hydrogens is 172 g/mol. The molecule has 1 N–H and O–H groups in total. The maximum Gasteiger partial charge on any atom is 0.0571 e. The highest BCUT2D eigenvalue weighted by Crippen LogP contribution is 2.34. The molecule has 1 nitrogen and oxygen atoms in total. The van der Waals surface area contributed by atoms with Gasteiger partial charge in [0, 0.05) is 0 Å². The lowest BCUT2D eigenvalue weighted by atomic mass is 9.77. The average molecular weight is 198 g/mol. The van der Waals surface area contributed by atoms with Crippen molar-refractivity contribution in [3.8, 4) is 0 Å². The standard InChI is InChI=1S/C13H26O/c1-4-10(2)11(3)12-8-6-5-7-9-13(12)14/h10-14H,4-9H2,1-3H3. The van der Waals surface area contributed by atoms with Crippen LogP contribution in [-0.4, -0.2) is 11.2 Å².